The predicted octanol–water partition coefficient (Wildman–Crippen LogP) is 2.94. The van der Waals surface area contributed by atoms with E-state index in [1.165, 1.54) is 12.7 Å². The van der Waals surface area contributed by atoms with E-state index in [4.69, 9.17) is 11.6 Å². The van der Waals surface area contributed by atoms with Gasteiger partial charge in [0, 0.05) is 25.2 Å². The molecule has 0 bridgehead atoms. The largest absolute Gasteiger partial charge is 0.370 e. The number of nitrogens with zero attached hydrogens (tertiary/aromatic N) is 1. The Hall–Kier alpha value is -0.740. The van der Waals surface area contributed by atoms with Crippen LogP contribution in [0.15, 0.2) is 29.2 Å². The number of benzene rings is 1. The molecule has 3 nitrogen and oxygen atoms in total. The minimum absolute atomic E-state index is 0.432. The molecule has 2 rings (SSSR count). The van der Waals surface area contributed by atoms with Crippen molar-refractivity contribution in [2.75, 3.05) is 30.1 Å². The van der Waals surface area contributed by atoms with Crippen LogP contribution in [0.5, 0.6) is 0 Å². The van der Waals surface area contributed by atoms with Gasteiger partial charge in [0.15, 0.2) is 9.84 Å². The van der Waals surface area contributed by atoms with Crippen LogP contribution in [0.3, 0.4) is 0 Å². The van der Waals surface area contributed by atoms with Gasteiger partial charge in [0.1, 0.15) is 0 Å². The highest BCUT2D eigenvalue weighted by Gasteiger charge is 2.23. The Morgan fingerprint density at radius 2 is 2.11 bits per heavy atom. The van der Waals surface area contributed by atoms with E-state index in [1.54, 1.807) is 12.1 Å². The Kier molecular flexibility index (Phi) is 4.74. The van der Waals surface area contributed by atoms with Crippen LogP contribution in [0.2, 0.25) is 0 Å². The van der Waals surface area contributed by atoms with E-state index in [0.717, 1.165) is 31.6 Å². The molecule has 0 aromatic heterocycles. The smallest absolute Gasteiger partial charge is 0.177 e. The molecule has 1 saturated heterocycles. The minimum Gasteiger partial charge on any atom is -0.370 e. The number of rotatable bonds is 4. The van der Waals surface area contributed by atoms with E-state index < -0.39 is 9.84 Å². The molecule has 0 spiro atoms. The lowest BCUT2D eigenvalue weighted by molar-refractivity contribution is 0.405. The van der Waals surface area contributed by atoms with Crippen LogP contribution < -0.4 is 4.90 Å². The van der Waals surface area contributed by atoms with Crippen molar-refractivity contribution >= 4 is 27.1 Å². The molecule has 0 radical (unpaired) electrons. The van der Waals surface area contributed by atoms with Crippen molar-refractivity contribution in [1.82, 2.24) is 0 Å². The number of sulfone groups is 1. The summed E-state index contributed by atoms with van der Waals surface area (Å²) in [6.45, 7) is 1.82. The Morgan fingerprint density at radius 3 is 2.79 bits per heavy atom. The van der Waals surface area contributed by atoms with Crippen molar-refractivity contribution in [1.29, 1.82) is 0 Å². The summed E-state index contributed by atoms with van der Waals surface area (Å²) in [7, 11) is -3.18. The zero-order chi connectivity index (χ0) is 13.9. The second-order valence-corrected chi connectivity index (χ2v) is 7.53. The maximum absolute atomic E-state index is 11.9. The van der Waals surface area contributed by atoms with Gasteiger partial charge in [0.2, 0.25) is 0 Å². The van der Waals surface area contributed by atoms with Gasteiger partial charge < -0.3 is 4.90 Å². The third-order valence-corrected chi connectivity index (χ3v) is 5.00. The number of anilines is 1. The van der Waals surface area contributed by atoms with Crippen molar-refractivity contribution in [3.8, 4) is 0 Å². The topological polar surface area (TPSA) is 37.4 Å². The highest BCUT2D eigenvalue weighted by atomic mass is 35.5. The minimum atomic E-state index is -3.18. The molecule has 0 N–H and O–H groups in total. The average molecular weight is 302 g/mol. The van der Waals surface area contributed by atoms with Gasteiger partial charge in [-0.05, 0) is 37.3 Å². The maximum atomic E-state index is 11.9. The first-order chi connectivity index (χ1) is 9.02. The average Bonchev–Trinajstić information content (AvgIpc) is 2.38. The van der Waals surface area contributed by atoms with Crippen molar-refractivity contribution in [2.24, 2.45) is 5.92 Å². The summed E-state index contributed by atoms with van der Waals surface area (Å²) < 4.78 is 23.7. The zero-order valence-electron chi connectivity index (χ0n) is 11.2. The Labute approximate surface area is 120 Å². The molecule has 0 amide bonds. The van der Waals surface area contributed by atoms with Crippen LogP contribution in [-0.2, 0) is 9.84 Å². The van der Waals surface area contributed by atoms with Crippen molar-refractivity contribution < 1.29 is 8.42 Å². The van der Waals surface area contributed by atoms with E-state index in [0.29, 0.717) is 16.7 Å². The van der Waals surface area contributed by atoms with Crippen molar-refractivity contribution in [3.05, 3.63) is 24.3 Å². The molecule has 1 aromatic carbocycles. The highest BCUT2D eigenvalue weighted by molar-refractivity contribution is 7.90. The molecule has 1 aliphatic rings. The van der Waals surface area contributed by atoms with Crippen LogP contribution in [0.25, 0.3) is 0 Å². The van der Waals surface area contributed by atoms with Crippen LogP contribution in [0.1, 0.15) is 19.3 Å². The Balaban J connectivity index is 2.27. The third-order valence-electron chi connectivity index (χ3n) is 3.64. The quantitative estimate of drug-likeness (QED) is 0.803. The van der Waals surface area contributed by atoms with E-state index in [2.05, 4.69) is 4.90 Å². The lowest BCUT2D eigenvalue weighted by atomic mass is 9.95. The van der Waals surface area contributed by atoms with Crippen LogP contribution in [0, 0.1) is 5.92 Å². The first-order valence-corrected chi connectivity index (χ1v) is 9.05. The molecule has 1 aliphatic heterocycles. The van der Waals surface area contributed by atoms with Gasteiger partial charge in [-0.15, -0.1) is 11.6 Å². The summed E-state index contributed by atoms with van der Waals surface area (Å²) >= 11 is 5.82. The van der Waals surface area contributed by atoms with Gasteiger partial charge in [0.05, 0.1) is 10.6 Å². The van der Waals surface area contributed by atoms with Crippen LogP contribution in [0.4, 0.5) is 5.69 Å². The molecule has 1 heterocycles. The van der Waals surface area contributed by atoms with Gasteiger partial charge >= 0.3 is 0 Å². The molecule has 1 aromatic rings. The summed E-state index contributed by atoms with van der Waals surface area (Å²) in [4.78, 5) is 2.62. The zero-order valence-corrected chi connectivity index (χ0v) is 12.8. The number of piperidine rings is 1. The van der Waals surface area contributed by atoms with E-state index >= 15 is 0 Å². The summed E-state index contributed by atoms with van der Waals surface area (Å²) in [5, 5.41) is 0. The Morgan fingerprint density at radius 1 is 1.37 bits per heavy atom. The second-order valence-electron chi connectivity index (χ2n) is 5.17. The van der Waals surface area contributed by atoms with E-state index in [9.17, 15) is 8.42 Å². The second kappa shape index (κ2) is 6.14. The molecule has 5 heteroatoms. The fourth-order valence-corrected chi connectivity index (χ4v) is 3.92. The number of alkyl halides is 1. The molecule has 1 fully saturated rings. The third kappa shape index (κ3) is 3.63. The lowest BCUT2D eigenvalue weighted by Crippen LogP contribution is -2.36. The van der Waals surface area contributed by atoms with Gasteiger partial charge in [0.25, 0.3) is 0 Å². The summed E-state index contributed by atoms with van der Waals surface area (Å²) in [5.41, 5.74) is 0.837. The first kappa shape index (κ1) is 14.7. The van der Waals surface area contributed by atoms with Crippen LogP contribution in [-0.4, -0.2) is 33.6 Å². The molecule has 0 aliphatic carbocycles. The first-order valence-electron chi connectivity index (χ1n) is 6.62. The number of para-hydroxylation sites is 1. The maximum Gasteiger partial charge on any atom is 0.177 e. The highest BCUT2D eigenvalue weighted by Crippen LogP contribution is 2.30. The summed E-state index contributed by atoms with van der Waals surface area (Å²) in [6, 6.07) is 7.27. The molecule has 19 heavy (non-hydrogen) atoms. The number of hydrogen-bond acceptors (Lipinski definition) is 3. The van der Waals surface area contributed by atoms with E-state index in [-0.39, 0.29) is 0 Å². The summed E-state index contributed by atoms with van der Waals surface area (Å²) in [6.07, 6.45) is 4.55. The normalized spacial score (nSPS) is 20.5. The van der Waals surface area contributed by atoms with Gasteiger partial charge in [-0.3, -0.25) is 0 Å². The van der Waals surface area contributed by atoms with Gasteiger partial charge in [-0.25, -0.2) is 8.42 Å². The van der Waals surface area contributed by atoms with E-state index in [1.807, 2.05) is 12.1 Å². The number of hydrogen-bond donors (Lipinski definition) is 0. The van der Waals surface area contributed by atoms with Gasteiger partial charge in [-0.1, -0.05) is 12.1 Å². The fourth-order valence-electron chi connectivity index (χ4n) is 2.71. The predicted molar refractivity (Wildman–Crippen MR) is 79.8 cm³/mol. The van der Waals surface area contributed by atoms with Crippen molar-refractivity contribution in [2.45, 2.75) is 24.2 Å². The molecule has 1 atom stereocenters. The van der Waals surface area contributed by atoms with Crippen LogP contribution >= 0.6 is 11.6 Å². The number of halogens is 1. The molecule has 0 saturated carbocycles. The Bertz CT molecular complexity index is 528. The standard InChI is InChI=1S/C14H20ClNO2S/c1-19(17,18)14-7-3-2-6-13(14)16-10-4-5-12(11-16)8-9-15/h2-3,6-7,12H,4-5,8-11H2,1H3. The molecule has 1 unspecified atom stereocenters. The fraction of sp³-hybridized carbons (Fsp3) is 0.571. The lowest BCUT2D eigenvalue weighted by Gasteiger charge is -2.35. The summed E-state index contributed by atoms with van der Waals surface area (Å²) in [5.74, 6) is 1.24. The molecular formula is C14H20ClNO2S. The van der Waals surface area contributed by atoms with Crippen molar-refractivity contribution in [3.63, 3.8) is 0 Å². The monoisotopic (exact) mass is 301 g/mol. The molecular weight excluding hydrogens is 282 g/mol. The van der Waals surface area contributed by atoms with Gasteiger partial charge in [-0.2, -0.15) is 0 Å². The molecule has 106 valence electrons. The SMILES string of the molecule is CS(=O)(=O)c1ccccc1N1CCCC(CCCl)C1.